The molecular weight excluding hydrogens is 242 g/mol. The zero-order valence-electron chi connectivity index (χ0n) is 15.1. The number of nitrogens with zero attached hydrogens (tertiary/aromatic N) is 1. The summed E-state index contributed by atoms with van der Waals surface area (Å²) in [5.41, 5.74) is 2.30. The summed E-state index contributed by atoms with van der Waals surface area (Å²) in [5.74, 6) is 0. The Hall–Kier alpha value is -0.300. The van der Waals surface area contributed by atoms with Gasteiger partial charge in [0.05, 0.1) is 0 Å². The van der Waals surface area contributed by atoms with Crippen molar-refractivity contribution in [2.24, 2.45) is 0 Å². The van der Waals surface area contributed by atoms with Crippen LogP contribution < -0.4 is 0 Å². The lowest BCUT2D eigenvalue weighted by atomic mass is 9.76. The molecule has 0 aromatic carbocycles. The van der Waals surface area contributed by atoms with Crippen LogP contribution in [0.1, 0.15) is 93.4 Å². The molecule has 1 saturated heterocycles. The fraction of sp³-hybridized carbons (Fsp3) is 0.895. The van der Waals surface area contributed by atoms with Gasteiger partial charge in [0.1, 0.15) is 0 Å². The minimum atomic E-state index is 0.211. The van der Waals surface area contributed by atoms with Crippen LogP contribution in [0.4, 0.5) is 0 Å². The number of likely N-dealkylation sites (tertiary alicyclic amines) is 1. The quantitative estimate of drug-likeness (QED) is 0.575. The second-order valence-corrected chi connectivity index (χ2v) is 7.80. The van der Waals surface area contributed by atoms with Gasteiger partial charge >= 0.3 is 0 Å². The van der Waals surface area contributed by atoms with E-state index in [0.717, 1.165) is 0 Å². The van der Waals surface area contributed by atoms with Crippen molar-refractivity contribution in [1.82, 2.24) is 4.90 Å². The van der Waals surface area contributed by atoms with Crippen LogP contribution in [0.5, 0.6) is 0 Å². The highest BCUT2D eigenvalue weighted by atomic mass is 15.3. The second kappa shape index (κ2) is 6.22. The molecule has 0 radical (unpaired) electrons. The van der Waals surface area contributed by atoms with Gasteiger partial charge in [0.2, 0.25) is 0 Å². The van der Waals surface area contributed by atoms with E-state index in [0.29, 0.717) is 5.54 Å². The van der Waals surface area contributed by atoms with Gasteiger partial charge < -0.3 is 0 Å². The fourth-order valence-electron chi connectivity index (χ4n) is 4.82. The van der Waals surface area contributed by atoms with Gasteiger partial charge in [0.25, 0.3) is 0 Å². The van der Waals surface area contributed by atoms with Crippen LogP contribution in [0.15, 0.2) is 12.2 Å². The summed E-state index contributed by atoms with van der Waals surface area (Å²) in [4.78, 5) is 2.91. The molecule has 118 valence electrons. The molecule has 1 heteroatoms. The van der Waals surface area contributed by atoms with Gasteiger partial charge in [-0.1, -0.05) is 39.8 Å². The highest BCUT2D eigenvalue weighted by Gasteiger charge is 2.51. The van der Waals surface area contributed by atoms with Gasteiger partial charge in [0.15, 0.2) is 0 Å². The molecule has 0 unspecified atom stereocenters. The van der Waals surface area contributed by atoms with Gasteiger partial charge in [-0.2, -0.15) is 0 Å². The molecule has 1 rings (SSSR count). The Kier molecular flexibility index (Phi) is 5.52. The maximum Gasteiger partial charge on any atom is 0.0252 e. The third kappa shape index (κ3) is 2.98. The molecule has 1 fully saturated rings. The van der Waals surface area contributed by atoms with E-state index in [1.165, 1.54) is 50.5 Å². The van der Waals surface area contributed by atoms with Crippen molar-refractivity contribution >= 4 is 0 Å². The Bertz CT molecular complexity index is 326. The van der Waals surface area contributed by atoms with Crippen molar-refractivity contribution in [3.8, 4) is 0 Å². The largest absolute Gasteiger partial charge is 0.287 e. The smallest absolute Gasteiger partial charge is 0.0252 e. The minimum absolute atomic E-state index is 0.211. The van der Waals surface area contributed by atoms with Gasteiger partial charge in [-0.05, 0) is 65.7 Å². The molecule has 0 aromatic rings. The van der Waals surface area contributed by atoms with Crippen LogP contribution >= 0.6 is 0 Å². The van der Waals surface area contributed by atoms with Gasteiger partial charge in [0, 0.05) is 16.6 Å². The summed E-state index contributed by atoms with van der Waals surface area (Å²) >= 11 is 0. The highest BCUT2D eigenvalue weighted by Crippen LogP contribution is 2.49. The van der Waals surface area contributed by atoms with Crippen molar-refractivity contribution in [2.75, 3.05) is 0 Å². The lowest BCUT2D eigenvalue weighted by molar-refractivity contribution is -0.0938. The molecule has 0 spiro atoms. The van der Waals surface area contributed by atoms with Gasteiger partial charge in [-0.25, -0.2) is 0 Å². The SMILES string of the molecule is C=C1CCC(CC)(CC)N(C(C)(C)C)C(CC)(CC)C1. The molecular formula is C19H37N. The third-order valence-corrected chi connectivity index (χ3v) is 5.77. The average Bonchev–Trinajstić information content (AvgIpc) is 2.53. The van der Waals surface area contributed by atoms with Crippen LogP contribution in [0.25, 0.3) is 0 Å². The zero-order valence-corrected chi connectivity index (χ0v) is 15.1. The summed E-state index contributed by atoms with van der Waals surface area (Å²) in [6, 6.07) is 0. The van der Waals surface area contributed by atoms with Crippen molar-refractivity contribution in [3.63, 3.8) is 0 Å². The van der Waals surface area contributed by atoms with Gasteiger partial charge in [-0.3, -0.25) is 4.90 Å². The first-order valence-corrected chi connectivity index (χ1v) is 8.68. The van der Waals surface area contributed by atoms with Crippen LogP contribution in [0, 0.1) is 0 Å². The van der Waals surface area contributed by atoms with Crippen molar-refractivity contribution in [3.05, 3.63) is 12.2 Å². The molecule has 0 saturated carbocycles. The summed E-state index contributed by atoms with van der Waals surface area (Å²) in [6.45, 7) is 21.1. The van der Waals surface area contributed by atoms with E-state index >= 15 is 0 Å². The zero-order chi connectivity index (χ0) is 15.6. The molecule has 0 amide bonds. The molecule has 0 aliphatic carbocycles. The van der Waals surface area contributed by atoms with Crippen LogP contribution in [-0.2, 0) is 0 Å². The first-order valence-electron chi connectivity index (χ1n) is 8.68. The maximum atomic E-state index is 4.39. The summed E-state index contributed by atoms with van der Waals surface area (Å²) in [5, 5.41) is 0. The molecule has 1 aliphatic heterocycles. The van der Waals surface area contributed by atoms with Crippen LogP contribution in [-0.4, -0.2) is 21.5 Å². The maximum absolute atomic E-state index is 4.39. The Labute approximate surface area is 127 Å². The summed E-state index contributed by atoms with van der Waals surface area (Å²) in [6.07, 6.45) is 8.60. The fourth-order valence-corrected chi connectivity index (χ4v) is 4.82. The van der Waals surface area contributed by atoms with Crippen LogP contribution in [0.2, 0.25) is 0 Å². The minimum Gasteiger partial charge on any atom is -0.287 e. The molecule has 0 bridgehead atoms. The molecule has 1 heterocycles. The molecule has 0 atom stereocenters. The molecule has 0 N–H and O–H groups in total. The van der Waals surface area contributed by atoms with E-state index < -0.39 is 0 Å². The third-order valence-electron chi connectivity index (χ3n) is 5.77. The molecule has 1 aliphatic rings. The molecule has 0 aromatic heterocycles. The summed E-state index contributed by atoms with van der Waals surface area (Å²) < 4.78 is 0. The number of hydrogen-bond donors (Lipinski definition) is 0. The topological polar surface area (TPSA) is 3.24 Å². The molecule has 20 heavy (non-hydrogen) atoms. The van der Waals surface area contributed by atoms with Crippen LogP contribution in [0.3, 0.4) is 0 Å². The second-order valence-electron chi connectivity index (χ2n) is 7.80. The average molecular weight is 280 g/mol. The van der Waals surface area contributed by atoms with E-state index in [2.05, 4.69) is 59.9 Å². The number of hydrogen-bond acceptors (Lipinski definition) is 1. The lowest BCUT2D eigenvalue weighted by Gasteiger charge is -2.59. The lowest BCUT2D eigenvalue weighted by Crippen LogP contribution is -2.66. The normalized spacial score (nSPS) is 23.6. The van der Waals surface area contributed by atoms with Crippen molar-refractivity contribution < 1.29 is 0 Å². The van der Waals surface area contributed by atoms with Crippen molar-refractivity contribution in [1.29, 1.82) is 0 Å². The Morgan fingerprint density at radius 1 is 0.950 bits per heavy atom. The monoisotopic (exact) mass is 279 g/mol. The Morgan fingerprint density at radius 3 is 1.75 bits per heavy atom. The van der Waals surface area contributed by atoms with E-state index in [9.17, 15) is 0 Å². The van der Waals surface area contributed by atoms with Gasteiger partial charge in [-0.15, -0.1) is 0 Å². The first kappa shape index (κ1) is 17.8. The Balaban J connectivity index is 3.48. The highest BCUT2D eigenvalue weighted by molar-refractivity contribution is 5.15. The van der Waals surface area contributed by atoms with E-state index in [1.807, 2.05) is 0 Å². The first-order chi connectivity index (χ1) is 9.21. The van der Waals surface area contributed by atoms with E-state index in [-0.39, 0.29) is 11.1 Å². The van der Waals surface area contributed by atoms with E-state index in [1.54, 1.807) is 0 Å². The Morgan fingerprint density at radius 2 is 1.40 bits per heavy atom. The number of rotatable bonds is 4. The molecule has 1 nitrogen and oxygen atoms in total. The van der Waals surface area contributed by atoms with E-state index in [4.69, 9.17) is 0 Å². The standard InChI is InChI=1S/C19H37N/c1-9-18(10-2)14-13-16(5)15-19(11-3,12-4)20(18)17(6,7)8/h5,9-15H2,1-4,6-8H3. The predicted molar refractivity (Wildman–Crippen MR) is 91.2 cm³/mol. The van der Waals surface area contributed by atoms with Crippen molar-refractivity contribution in [2.45, 2.75) is 110 Å². The summed E-state index contributed by atoms with van der Waals surface area (Å²) in [7, 11) is 0. The predicted octanol–water partition coefficient (Wildman–Crippen LogP) is 5.94.